The normalized spacial score (nSPS) is 13.9. The second-order valence-corrected chi connectivity index (χ2v) is 9.21. The number of piperazine rings is 1. The van der Waals surface area contributed by atoms with Gasteiger partial charge in [-0.2, -0.15) is 5.10 Å². The largest absolute Gasteiger partial charge is 0.339 e. The van der Waals surface area contributed by atoms with E-state index in [2.05, 4.69) is 10.2 Å². The van der Waals surface area contributed by atoms with Gasteiger partial charge in [-0.3, -0.25) is 19.3 Å². The monoisotopic (exact) mass is 485 g/mol. The lowest BCUT2D eigenvalue weighted by molar-refractivity contribution is -0.132. The van der Waals surface area contributed by atoms with Crippen molar-refractivity contribution in [2.75, 3.05) is 26.2 Å². The van der Waals surface area contributed by atoms with Crippen molar-refractivity contribution >= 4 is 34.8 Å². The first-order valence-corrected chi connectivity index (χ1v) is 12.2. The SMILES string of the molecule is Cc1ccc(-c2n[nH]c(=S)n2CCC(=O)N2CCN(C(=O)c3cccc4ccccc34)CC2)cc1. The molecule has 1 aliphatic heterocycles. The van der Waals surface area contributed by atoms with E-state index in [4.69, 9.17) is 12.2 Å². The van der Waals surface area contributed by atoms with Gasteiger partial charge >= 0.3 is 0 Å². The third-order valence-electron chi connectivity index (χ3n) is 6.56. The summed E-state index contributed by atoms with van der Waals surface area (Å²) in [6.07, 6.45) is 0.323. The van der Waals surface area contributed by atoms with Gasteiger partial charge in [-0.25, -0.2) is 0 Å². The van der Waals surface area contributed by atoms with Crippen LogP contribution >= 0.6 is 12.2 Å². The van der Waals surface area contributed by atoms with Crippen LogP contribution in [0.15, 0.2) is 66.7 Å². The van der Waals surface area contributed by atoms with E-state index in [1.165, 1.54) is 5.56 Å². The van der Waals surface area contributed by atoms with Crippen molar-refractivity contribution in [1.29, 1.82) is 0 Å². The second-order valence-electron chi connectivity index (χ2n) is 8.82. The van der Waals surface area contributed by atoms with E-state index in [9.17, 15) is 9.59 Å². The van der Waals surface area contributed by atoms with Gasteiger partial charge in [-0.1, -0.05) is 66.2 Å². The number of H-pyrrole nitrogens is 1. The number of aromatic amines is 1. The number of carbonyl (C=O) groups excluding carboxylic acids is 2. The average Bonchev–Trinajstić information content (AvgIpc) is 3.27. The minimum atomic E-state index is 0.0151. The predicted octanol–water partition coefficient (Wildman–Crippen LogP) is 4.44. The molecule has 0 bridgehead atoms. The zero-order valence-corrected chi connectivity index (χ0v) is 20.4. The fraction of sp³-hybridized carbons (Fsp3) is 0.259. The molecule has 1 aromatic heterocycles. The summed E-state index contributed by atoms with van der Waals surface area (Å²) in [5.74, 6) is 0.801. The number of aryl methyl sites for hydroxylation is 1. The standard InChI is InChI=1S/C27H27N5O2S/c1-19-9-11-21(12-10-19)25-28-29-27(35)32(25)14-13-24(33)30-15-17-31(18-16-30)26(34)23-8-4-6-20-5-2-3-7-22(20)23/h2-12H,13-18H2,1H3,(H,29,35). The maximum absolute atomic E-state index is 13.2. The number of hydrogen-bond donors (Lipinski definition) is 1. The number of fused-ring (bicyclic) bond motifs is 1. The minimum Gasteiger partial charge on any atom is -0.339 e. The summed E-state index contributed by atoms with van der Waals surface area (Å²) in [7, 11) is 0. The van der Waals surface area contributed by atoms with E-state index < -0.39 is 0 Å². The van der Waals surface area contributed by atoms with Gasteiger partial charge in [-0.05, 0) is 36.0 Å². The molecule has 1 N–H and O–H groups in total. The number of rotatable bonds is 5. The van der Waals surface area contributed by atoms with Crippen LogP contribution in [0.5, 0.6) is 0 Å². The smallest absolute Gasteiger partial charge is 0.254 e. The van der Waals surface area contributed by atoms with Crippen molar-refractivity contribution in [3.8, 4) is 11.4 Å². The summed E-state index contributed by atoms with van der Waals surface area (Å²) in [4.78, 5) is 29.8. The molecule has 2 heterocycles. The van der Waals surface area contributed by atoms with Gasteiger partial charge in [0.2, 0.25) is 5.91 Å². The summed E-state index contributed by atoms with van der Waals surface area (Å²) in [5.41, 5.74) is 2.83. The average molecular weight is 486 g/mol. The number of carbonyl (C=O) groups is 2. The number of benzene rings is 3. The maximum atomic E-state index is 13.2. The van der Waals surface area contributed by atoms with E-state index in [1.807, 2.05) is 88.0 Å². The van der Waals surface area contributed by atoms with Crippen LogP contribution in [0, 0.1) is 11.7 Å². The van der Waals surface area contributed by atoms with Gasteiger partial charge in [-0.15, -0.1) is 0 Å². The molecule has 0 saturated carbocycles. The molecule has 3 aromatic carbocycles. The Balaban J connectivity index is 1.21. The molecule has 5 rings (SSSR count). The summed E-state index contributed by atoms with van der Waals surface area (Å²) in [6.45, 7) is 4.58. The fourth-order valence-corrected chi connectivity index (χ4v) is 4.78. The molecule has 0 radical (unpaired) electrons. The predicted molar refractivity (Wildman–Crippen MR) is 139 cm³/mol. The van der Waals surface area contributed by atoms with Crippen molar-refractivity contribution < 1.29 is 9.59 Å². The lowest BCUT2D eigenvalue weighted by Gasteiger charge is -2.35. The molecule has 1 fully saturated rings. The zero-order chi connectivity index (χ0) is 24.4. The molecule has 1 aliphatic rings. The Labute approximate surface area is 209 Å². The lowest BCUT2D eigenvalue weighted by atomic mass is 10.0. The Bertz CT molecular complexity index is 1430. The zero-order valence-electron chi connectivity index (χ0n) is 19.6. The molecular weight excluding hydrogens is 458 g/mol. The Morgan fingerprint density at radius 2 is 1.60 bits per heavy atom. The number of nitrogens with zero attached hydrogens (tertiary/aromatic N) is 4. The summed E-state index contributed by atoms with van der Waals surface area (Å²) in [5, 5.41) is 9.22. The van der Waals surface area contributed by atoms with Gasteiger partial charge in [0.15, 0.2) is 10.6 Å². The van der Waals surface area contributed by atoms with E-state index in [0.717, 1.165) is 22.2 Å². The molecular formula is C27H27N5O2S. The Hall–Kier alpha value is -3.78. The van der Waals surface area contributed by atoms with Crippen molar-refractivity contribution in [3.05, 3.63) is 82.6 Å². The van der Waals surface area contributed by atoms with Crippen LogP contribution < -0.4 is 0 Å². The van der Waals surface area contributed by atoms with Crippen LogP contribution in [-0.2, 0) is 11.3 Å². The summed E-state index contributed by atoms with van der Waals surface area (Å²) >= 11 is 5.41. The first-order chi connectivity index (χ1) is 17.0. The van der Waals surface area contributed by atoms with Crippen molar-refractivity contribution in [3.63, 3.8) is 0 Å². The van der Waals surface area contributed by atoms with E-state index >= 15 is 0 Å². The Kier molecular flexibility index (Phi) is 6.46. The van der Waals surface area contributed by atoms with Gasteiger partial charge in [0.1, 0.15) is 0 Å². The number of amides is 2. The Morgan fingerprint density at radius 3 is 2.37 bits per heavy atom. The molecule has 178 valence electrons. The highest BCUT2D eigenvalue weighted by molar-refractivity contribution is 7.71. The number of hydrogen-bond acceptors (Lipinski definition) is 4. The molecule has 7 nitrogen and oxygen atoms in total. The van der Waals surface area contributed by atoms with Crippen LogP contribution in [0.4, 0.5) is 0 Å². The molecule has 0 aliphatic carbocycles. The van der Waals surface area contributed by atoms with Gasteiger partial charge < -0.3 is 9.80 Å². The molecule has 8 heteroatoms. The molecule has 0 spiro atoms. The molecule has 35 heavy (non-hydrogen) atoms. The quantitative estimate of drug-likeness (QED) is 0.424. The van der Waals surface area contributed by atoms with E-state index in [-0.39, 0.29) is 11.8 Å². The van der Waals surface area contributed by atoms with Crippen LogP contribution in [0.3, 0.4) is 0 Å². The third-order valence-corrected chi connectivity index (χ3v) is 6.87. The van der Waals surface area contributed by atoms with E-state index in [0.29, 0.717) is 49.5 Å². The van der Waals surface area contributed by atoms with Crippen molar-refractivity contribution in [2.24, 2.45) is 0 Å². The van der Waals surface area contributed by atoms with Crippen LogP contribution in [0.25, 0.3) is 22.2 Å². The van der Waals surface area contributed by atoms with Crippen LogP contribution in [-0.4, -0.2) is 62.6 Å². The van der Waals surface area contributed by atoms with Gasteiger partial charge in [0, 0.05) is 50.3 Å². The molecule has 1 saturated heterocycles. The molecule has 0 unspecified atom stereocenters. The van der Waals surface area contributed by atoms with Crippen LogP contribution in [0.1, 0.15) is 22.3 Å². The van der Waals surface area contributed by atoms with Crippen LogP contribution in [0.2, 0.25) is 0 Å². The van der Waals surface area contributed by atoms with Crippen molar-refractivity contribution in [2.45, 2.75) is 19.9 Å². The minimum absolute atomic E-state index is 0.0151. The second kappa shape index (κ2) is 9.84. The highest BCUT2D eigenvalue weighted by Gasteiger charge is 2.25. The summed E-state index contributed by atoms with van der Waals surface area (Å²) in [6, 6.07) is 21.8. The molecule has 0 atom stereocenters. The lowest BCUT2D eigenvalue weighted by Crippen LogP contribution is -2.50. The van der Waals surface area contributed by atoms with Crippen molar-refractivity contribution in [1.82, 2.24) is 24.6 Å². The topological polar surface area (TPSA) is 74.2 Å². The fourth-order valence-electron chi connectivity index (χ4n) is 4.55. The first kappa shape index (κ1) is 23.0. The van der Waals surface area contributed by atoms with Gasteiger partial charge in [0.25, 0.3) is 5.91 Å². The third kappa shape index (κ3) is 4.74. The molecule has 4 aromatic rings. The van der Waals surface area contributed by atoms with E-state index in [1.54, 1.807) is 0 Å². The first-order valence-electron chi connectivity index (χ1n) is 11.8. The Morgan fingerprint density at radius 1 is 0.914 bits per heavy atom. The van der Waals surface area contributed by atoms with Gasteiger partial charge in [0.05, 0.1) is 0 Å². The maximum Gasteiger partial charge on any atom is 0.254 e. The number of nitrogens with one attached hydrogen (secondary N) is 1. The molecule has 2 amide bonds. The summed E-state index contributed by atoms with van der Waals surface area (Å²) < 4.78 is 2.37. The highest BCUT2D eigenvalue weighted by atomic mass is 32.1. The highest BCUT2D eigenvalue weighted by Crippen LogP contribution is 2.21. The number of aromatic nitrogens is 3.